The predicted molar refractivity (Wildman–Crippen MR) is 249 cm³/mol. The van der Waals surface area contributed by atoms with Crippen molar-refractivity contribution in [1.82, 2.24) is 0 Å². The van der Waals surface area contributed by atoms with E-state index in [1.807, 2.05) is 57.2 Å². The highest BCUT2D eigenvalue weighted by molar-refractivity contribution is 5.96. The molecule has 0 radical (unpaired) electrons. The van der Waals surface area contributed by atoms with Crippen LogP contribution in [0, 0.1) is 11.8 Å². The number of aliphatic hydroxyl groups is 1. The van der Waals surface area contributed by atoms with Crippen molar-refractivity contribution in [2.24, 2.45) is 11.8 Å². The van der Waals surface area contributed by atoms with E-state index in [1.165, 1.54) is 33.4 Å². The maximum Gasteiger partial charge on any atom is 0.306 e. The van der Waals surface area contributed by atoms with Gasteiger partial charge in [0.25, 0.3) is 0 Å². The Kier molecular flexibility index (Phi) is 17.7. The van der Waals surface area contributed by atoms with E-state index in [0.717, 1.165) is 61.7 Å². The highest BCUT2D eigenvalue weighted by Gasteiger charge is 2.47. The zero-order chi connectivity index (χ0) is 46.1. The van der Waals surface area contributed by atoms with Gasteiger partial charge in [-0.1, -0.05) is 64.7 Å². The second-order valence-electron chi connectivity index (χ2n) is 19.2. The van der Waals surface area contributed by atoms with E-state index in [0.29, 0.717) is 24.8 Å². The number of Topliss-reactive ketones (excluding diaryl/α,β-unsaturated/α-hetero) is 2. The first-order valence-electron chi connectivity index (χ1n) is 23.1. The molecule has 0 fully saturated rings. The summed E-state index contributed by atoms with van der Waals surface area (Å²) >= 11 is 0. The summed E-state index contributed by atoms with van der Waals surface area (Å²) in [5, 5.41) is 9.97. The van der Waals surface area contributed by atoms with Crippen molar-refractivity contribution < 1.29 is 43.2 Å². The van der Waals surface area contributed by atoms with Gasteiger partial charge in [0.2, 0.25) is 11.6 Å². The van der Waals surface area contributed by atoms with E-state index in [4.69, 9.17) is 23.7 Å². The maximum absolute atomic E-state index is 12.4. The van der Waals surface area contributed by atoms with Crippen LogP contribution in [0.2, 0.25) is 0 Å². The highest BCUT2D eigenvalue weighted by atomic mass is 16.7. The first-order chi connectivity index (χ1) is 29.8. The number of hydrogen-bond acceptors (Lipinski definition) is 9. The van der Waals surface area contributed by atoms with Crippen LogP contribution in [0.3, 0.4) is 0 Å². The summed E-state index contributed by atoms with van der Waals surface area (Å²) in [6.45, 7) is 22.6. The van der Waals surface area contributed by atoms with Crippen molar-refractivity contribution in [2.45, 2.75) is 176 Å². The number of allylic oxidation sites excluding steroid dienone is 8. The van der Waals surface area contributed by atoms with E-state index < -0.39 is 11.6 Å². The molecule has 344 valence electrons. The predicted octanol–water partition coefficient (Wildman–Crippen LogP) is 11.3. The summed E-state index contributed by atoms with van der Waals surface area (Å²) in [6, 6.07) is 0. The largest absolute Gasteiger partial charge is 0.461 e. The van der Waals surface area contributed by atoms with Crippen LogP contribution in [-0.2, 0) is 38.1 Å². The quantitative estimate of drug-likeness (QED) is 0.143. The van der Waals surface area contributed by atoms with E-state index in [-0.39, 0.29) is 67.0 Å². The van der Waals surface area contributed by atoms with Crippen molar-refractivity contribution in [3.8, 4) is 0 Å². The number of ketones is 2. The van der Waals surface area contributed by atoms with Gasteiger partial charge in [0.05, 0.1) is 31.0 Å². The molecule has 0 amide bonds. The second-order valence-corrected chi connectivity index (χ2v) is 19.2. The minimum absolute atomic E-state index is 0.0743. The molecule has 63 heavy (non-hydrogen) atoms. The van der Waals surface area contributed by atoms with Crippen LogP contribution in [0.4, 0.5) is 0 Å². The fourth-order valence-corrected chi connectivity index (χ4v) is 9.26. The molecule has 9 nitrogen and oxygen atoms in total. The van der Waals surface area contributed by atoms with Gasteiger partial charge in [-0.05, 0) is 173 Å². The Balaban J connectivity index is 0.000000240. The monoisotopic (exact) mass is 867 g/mol. The van der Waals surface area contributed by atoms with E-state index >= 15 is 0 Å². The molecular weight excluding hydrogens is 793 g/mol. The number of hydrogen-bond donors (Lipinski definition) is 1. The lowest BCUT2D eigenvalue weighted by Crippen LogP contribution is -2.49. The van der Waals surface area contributed by atoms with Crippen LogP contribution in [0.25, 0.3) is 0 Å². The Morgan fingerprint density at radius 2 is 1.11 bits per heavy atom. The highest BCUT2D eigenvalue weighted by Crippen LogP contribution is 2.44. The fourth-order valence-electron chi connectivity index (χ4n) is 9.26. The Hall–Kier alpha value is -3.99. The zero-order valence-corrected chi connectivity index (χ0v) is 39.9. The summed E-state index contributed by atoms with van der Waals surface area (Å²) in [4.78, 5) is 36.7. The van der Waals surface area contributed by atoms with E-state index in [1.54, 1.807) is 0 Å². The molecule has 2 aliphatic carbocycles. The van der Waals surface area contributed by atoms with Gasteiger partial charge in [-0.15, -0.1) is 0 Å². The van der Waals surface area contributed by atoms with Crippen molar-refractivity contribution in [3.63, 3.8) is 0 Å². The molecule has 4 aliphatic heterocycles. The molecule has 6 rings (SSSR count). The Morgan fingerprint density at radius 1 is 0.667 bits per heavy atom. The third-order valence-electron chi connectivity index (χ3n) is 12.5. The first-order valence-corrected chi connectivity index (χ1v) is 23.1. The molecule has 0 aromatic heterocycles. The summed E-state index contributed by atoms with van der Waals surface area (Å²) < 4.78 is 31.5. The Labute approximate surface area is 377 Å². The van der Waals surface area contributed by atoms with E-state index in [9.17, 15) is 19.5 Å². The third-order valence-corrected chi connectivity index (χ3v) is 12.5. The van der Waals surface area contributed by atoms with E-state index in [2.05, 4.69) is 79.7 Å². The van der Waals surface area contributed by atoms with Crippen LogP contribution < -0.4 is 0 Å². The lowest BCUT2D eigenvalue weighted by atomic mass is 9.79. The Morgan fingerprint density at radius 3 is 1.54 bits per heavy atom. The van der Waals surface area contributed by atoms with Crippen molar-refractivity contribution in [1.29, 1.82) is 0 Å². The van der Waals surface area contributed by atoms with Crippen molar-refractivity contribution >= 4 is 17.5 Å². The standard InChI is InChI=1S/C29H40O5.C25H34O4/c1-7-9-28(31)32-18-23-17-29(34-27-14-22(6)26(30)15-25(23)27)16-21(5)13-24(33-29)12-20(4)11-8-10-19(2)3;1-16(2)7-6-8-17(3)9-21-10-18(4)13-25(28-21)14-20(15-26)22-12-23(27)19(5)11-24(22)29-25/h10,12,14,16-17,24-25,27H,7-9,11,13,15,18H2,1-6H3;7,9,11,13-14,21-22,24,26H,6,8,10,12,15H2,1-5H3/b20-12+;17-9+/t24-,25-,27-,29+;21-,22-,24-,25+/m00/s1. The van der Waals surface area contributed by atoms with Crippen LogP contribution >= 0.6 is 0 Å². The van der Waals surface area contributed by atoms with Gasteiger partial charge in [-0.2, -0.15) is 0 Å². The maximum atomic E-state index is 12.4. The number of carbonyl (C=O) groups is 3. The molecule has 1 N–H and O–H groups in total. The number of aliphatic hydroxyl groups excluding tert-OH is 1. The zero-order valence-electron chi connectivity index (χ0n) is 39.9. The minimum atomic E-state index is -1.03. The molecule has 8 atom stereocenters. The number of rotatable bonds is 13. The van der Waals surface area contributed by atoms with Gasteiger partial charge < -0.3 is 28.8 Å². The van der Waals surface area contributed by atoms with Crippen molar-refractivity contribution in [2.75, 3.05) is 13.2 Å². The van der Waals surface area contributed by atoms with Crippen LogP contribution in [0.15, 0.2) is 116 Å². The summed E-state index contributed by atoms with van der Waals surface area (Å²) in [5.74, 6) is -2.27. The van der Waals surface area contributed by atoms with Gasteiger partial charge in [-0.25, -0.2) is 0 Å². The molecule has 6 aliphatic rings. The first kappa shape index (κ1) is 50.0. The summed E-state index contributed by atoms with van der Waals surface area (Å²) in [7, 11) is 0. The van der Waals surface area contributed by atoms with Gasteiger partial charge >= 0.3 is 5.97 Å². The third kappa shape index (κ3) is 14.0. The normalized spacial score (nSPS) is 30.6. The average Bonchev–Trinajstić information content (AvgIpc) is 3.17. The minimum Gasteiger partial charge on any atom is -0.461 e. The van der Waals surface area contributed by atoms with Crippen LogP contribution in [0.5, 0.6) is 0 Å². The molecule has 0 aromatic carbocycles. The molecule has 9 heteroatoms. The average molecular weight is 867 g/mol. The van der Waals surface area contributed by atoms with Gasteiger partial charge in [0.1, 0.15) is 6.61 Å². The summed E-state index contributed by atoms with van der Waals surface area (Å²) in [5.41, 5.74) is 10.8. The summed E-state index contributed by atoms with van der Waals surface area (Å²) in [6.07, 6.45) is 27.4. The number of carbonyl (C=O) groups excluding carboxylic acids is 3. The van der Waals surface area contributed by atoms with Crippen LogP contribution in [-0.4, -0.2) is 71.8 Å². The fraction of sp³-hybridized carbons (Fsp3) is 0.574. The Bertz CT molecular complexity index is 2040. The molecular formula is C54H74O9. The molecule has 4 heterocycles. The van der Waals surface area contributed by atoms with Crippen LogP contribution in [0.1, 0.15) is 140 Å². The molecule has 0 saturated heterocycles. The number of esters is 1. The molecule has 0 saturated carbocycles. The van der Waals surface area contributed by atoms with Gasteiger partial charge in [-0.3, -0.25) is 14.4 Å². The number of ether oxygens (including phenoxy) is 5. The lowest BCUT2D eigenvalue weighted by molar-refractivity contribution is -0.225. The van der Waals surface area contributed by atoms with Gasteiger partial charge in [0.15, 0.2) is 11.6 Å². The molecule has 2 spiro atoms. The van der Waals surface area contributed by atoms with Gasteiger partial charge in [0, 0.05) is 31.1 Å². The molecule has 0 aromatic rings. The lowest BCUT2D eigenvalue weighted by Gasteiger charge is -2.45. The van der Waals surface area contributed by atoms with Crippen molar-refractivity contribution in [3.05, 3.63) is 116 Å². The molecule has 0 unspecified atom stereocenters. The topological polar surface area (TPSA) is 118 Å². The smallest absolute Gasteiger partial charge is 0.306 e. The molecule has 0 bridgehead atoms. The second kappa shape index (κ2) is 22.3. The SMILES string of the molecule is CC(C)=CCC/C(C)=C/[C@H]1CC(C)=C[C@@]2(C=C(CO)[C@@H]3CC(=O)C(C)=C[C@@H]3O2)O1.CCCC(=O)OCC1=C[C@@]2(C=C(C)C[C@H](/C=C(\C)CCC=C(C)C)O2)O[C@H]2C=C(C)C(=O)C[C@@H]12. The number of fused-ring (bicyclic) bond motifs is 2.